The van der Waals surface area contributed by atoms with Crippen LogP contribution >= 0.6 is 0 Å². The highest BCUT2D eigenvalue weighted by Crippen LogP contribution is 2.40. The Labute approximate surface area is 133 Å². The molecule has 0 aromatic heterocycles. The Bertz CT molecular complexity index is 407. The van der Waals surface area contributed by atoms with Crippen molar-refractivity contribution in [2.24, 2.45) is 17.3 Å². The average molecular weight is 311 g/mol. The van der Waals surface area contributed by atoms with Gasteiger partial charge in [-0.2, -0.15) is 0 Å². The second-order valence-corrected chi connectivity index (χ2v) is 7.83. The number of nitrogens with zero attached hydrogens (tertiary/aromatic N) is 1. The van der Waals surface area contributed by atoms with Gasteiger partial charge < -0.3 is 14.7 Å². The molecular weight excluding hydrogens is 282 g/mol. The second kappa shape index (κ2) is 6.99. The van der Waals surface area contributed by atoms with Crippen LogP contribution in [-0.2, 0) is 14.3 Å². The molecule has 5 heteroatoms. The van der Waals surface area contributed by atoms with E-state index < -0.39 is 12.1 Å². The fraction of sp³-hybridized carbons (Fsp3) is 0.882. The number of hydrogen-bond donors (Lipinski definition) is 1. The monoisotopic (exact) mass is 311 g/mol. The van der Waals surface area contributed by atoms with Crippen molar-refractivity contribution in [3.8, 4) is 0 Å². The first-order valence-corrected chi connectivity index (χ1v) is 8.39. The van der Waals surface area contributed by atoms with Crippen LogP contribution in [0.2, 0.25) is 0 Å². The minimum atomic E-state index is -0.983. The van der Waals surface area contributed by atoms with E-state index in [1.807, 2.05) is 0 Å². The molecule has 0 aromatic rings. The maximum atomic E-state index is 12.4. The number of carbonyl (C=O) groups excluding carboxylic acids is 1. The fourth-order valence-corrected chi connectivity index (χ4v) is 3.63. The van der Waals surface area contributed by atoms with Crippen LogP contribution in [0.15, 0.2) is 0 Å². The van der Waals surface area contributed by atoms with Gasteiger partial charge in [-0.25, -0.2) is 4.79 Å². The van der Waals surface area contributed by atoms with Crippen LogP contribution in [0.5, 0.6) is 0 Å². The molecule has 1 saturated heterocycles. The number of rotatable bonds is 3. The summed E-state index contributed by atoms with van der Waals surface area (Å²) in [4.78, 5) is 25.0. The zero-order chi connectivity index (χ0) is 16.3. The quantitative estimate of drug-likeness (QED) is 0.870. The molecule has 2 fully saturated rings. The summed E-state index contributed by atoms with van der Waals surface area (Å²) in [5, 5.41) is 9.00. The maximum Gasteiger partial charge on any atom is 0.334 e. The van der Waals surface area contributed by atoms with Gasteiger partial charge in [-0.15, -0.1) is 0 Å². The van der Waals surface area contributed by atoms with Gasteiger partial charge in [-0.1, -0.05) is 20.8 Å². The van der Waals surface area contributed by atoms with Crippen molar-refractivity contribution in [2.45, 2.75) is 59.0 Å². The highest BCUT2D eigenvalue weighted by molar-refractivity contribution is 5.78. The molecule has 0 spiro atoms. The molecule has 1 heterocycles. The van der Waals surface area contributed by atoms with Crippen molar-refractivity contribution in [3.63, 3.8) is 0 Å². The molecule has 126 valence electrons. The van der Waals surface area contributed by atoms with Crippen LogP contribution in [-0.4, -0.2) is 47.7 Å². The molecule has 1 N–H and O–H groups in total. The molecule has 2 rings (SSSR count). The van der Waals surface area contributed by atoms with Gasteiger partial charge in [-0.05, 0) is 42.9 Å². The predicted molar refractivity (Wildman–Crippen MR) is 83.5 cm³/mol. The first-order chi connectivity index (χ1) is 10.3. The second-order valence-electron chi connectivity index (χ2n) is 7.83. The molecule has 5 nitrogen and oxygen atoms in total. The van der Waals surface area contributed by atoms with Crippen molar-refractivity contribution >= 4 is 11.9 Å². The zero-order valence-electron chi connectivity index (χ0n) is 14.0. The van der Waals surface area contributed by atoms with Crippen molar-refractivity contribution in [1.82, 2.24) is 4.90 Å². The molecule has 1 amide bonds. The predicted octanol–water partition coefficient (Wildman–Crippen LogP) is 2.54. The molecule has 1 atom stereocenters. The van der Waals surface area contributed by atoms with Crippen molar-refractivity contribution < 1.29 is 19.4 Å². The molecule has 0 aromatic carbocycles. The summed E-state index contributed by atoms with van der Waals surface area (Å²) >= 11 is 0. The van der Waals surface area contributed by atoms with Crippen LogP contribution in [0.4, 0.5) is 0 Å². The van der Waals surface area contributed by atoms with Crippen molar-refractivity contribution in [1.29, 1.82) is 0 Å². The summed E-state index contributed by atoms with van der Waals surface area (Å²) in [6, 6.07) is 0. The molecule has 1 aliphatic heterocycles. The lowest BCUT2D eigenvalue weighted by Gasteiger charge is -2.37. The Morgan fingerprint density at radius 1 is 1.18 bits per heavy atom. The van der Waals surface area contributed by atoms with E-state index in [1.165, 1.54) is 12.8 Å². The molecule has 1 unspecified atom stereocenters. The SMILES string of the molecule is CC(C)(C)C1CCC(CC(=O)N2CCOC(C(=O)O)C2)CC1. The Morgan fingerprint density at radius 2 is 1.82 bits per heavy atom. The summed E-state index contributed by atoms with van der Waals surface area (Å²) in [6.45, 7) is 7.90. The normalized spacial score (nSPS) is 30.1. The van der Waals surface area contributed by atoms with Crippen LogP contribution in [0.1, 0.15) is 52.9 Å². The van der Waals surface area contributed by atoms with Gasteiger partial charge >= 0.3 is 5.97 Å². The van der Waals surface area contributed by atoms with Crippen molar-refractivity contribution in [2.75, 3.05) is 19.7 Å². The van der Waals surface area contributed by atoms with Crippen LogP contribution in [0.25, 0.3) is 0 Å². The maximum absolute atomic E-state index is 12.4. The molecular formula is C17H29NO4. The van der Waals surface area contributed by atoms with Gasteiger partial charge in [0.05, 0.1) is 13.2 Å². The van der Waals surface area contributed by atoms with E-state index >= 15 is 0 Å². The highest BCUT2D eigenvalue weighted by Gasteiger charge is 2.33. The van der Waals surface area contributed by atoms with E-state index in [0.29, 0.717) is 30.9 Å². The van der Waals surface area contributed by atoms with Gasteiger partial charge in [-0.3, -0.25) is 4.79 Å². The largest absolute Gasteiger partial charge is 0.479 e. The van der Waals surface area contributed by atoms with E-state index in [-0.39, 0.29) is 12.5 Å². The van der Waals surface area contributed by atoms with Crippen molar-refractivity contribution in [3.05, 3.63) is 0 Å². The van der Waals surface area contributed by atoms with E-state index in [1.54, 1.807) is 4.90 Å². The lowest BCUT2D eigenvalue weighted by molar-refractivity contribution is -0.159. The lowest BCUT2D eigenvalue weighted by atomic mass is 9.69. The number of morpholine rings is 1. The van der Waals surface area contributed by atoms with Crippen LogP contribution < -0.4 is 0 Å². The van der Waals surface area contributed by atoms with E-state index in [9.17, 15) is 9.59 Å². The minimum absolute atomic E-state index is 0.0914. The molecule has 1 aliphatic carbocycles. The molecule has 1 saturated carbocycles. The summed E-state index contributed by atoms with van der Waals surface area (Å²) in [5.74, 6) is 0.313. The van der Waals surface area contributed by atoms with Crippen LogP contribution in [0.3, 0.4) is 0 Å². The summed E-state index contributed by atoms with van der Waals surface area (Å²) < 4.78 is 5.17. The molecule has 0 bridgehead atoms. The molecule has 2 aliphatic rings. The molecule has 22 heavy (non-hydrogen) atoms. The van der Waals surface area contributed by atoms with Gasteiger partial charge in [0.25, 0.3) is 0 Å². The number of ether oxygens (including phenoxy) is 1. The summed E-state index contributed by atoms with van der Waals surface area (Å²) in [7, 11) is 0. The smallest absolute Gasteiger partial charge is 0.334 e. The Kier molecular flexibility index (Phi) is 5.48. The fourth-order valence-electron chi connectivity index (χ4n) is 3.63. The van der Waals surface area contributed by atoms with E-state index in [0.717, 1.165) is 18.8 Å². The van der Waals surface area contributed by atoms with Gasteiger partial charge in [0, 0.05) is 13.0 Å². The standard InChI is InChI=1S/C17H29NO4/c1-17(2,3)13-6-4-12(5-7-13)10-15(19)18-8-9-22-14(11-18)16(20)21/h12-14H,4-11H2,1-3H3,(H,20,21). The number of amides is 1. The van der Waals surface area contributed by atoms with Crippen LogP contribution in [0, 0.1) is 17.3 Å². The first kappa shape index (κ1) is 17.3. The van der Waals surface area contributed by atoms with Gasteiger partial charge in [0.15, 0.2) is 6.10 Å². The van der Waals surface area contributed by atoms with Gasteiger partial charge in [0.2, 0.25) is 5.91 Å². The highest BCUT2D eigenvalue weighted by atomic mass is 16.5. The number of carbonyl (C=O) groups is 2. The Morgan fingerprint density at radius 3 is 2.36 bits per heavy atom. The Balaban J connectivity index is 1.79. The minimum Gasteiger partial charge on any atom is -0.479 e. The topological polar surface area (TPSA) is 66.8 Å². The summed E-state index contributed by atoms with van der Waals surface area (Å²) in [6.07, 6.45) is 4.31. The molecule has 0 radical (unpaired) electrons. The van der Waals surface area contributed by atoms with E-state index in [4.69, 9.17) is 9.84 Å². The Hall–Kier alpha value is -1.10. The lowest BCUT2D eigenvalue weighted by Crippen LogP contribution is -2.49. The third-order valence-electron chi connectivity index (χ3n) is 5.23. The summed E-state index contributed by atoms with van der Waals surface area (Å²) in [5.41, 5.74) is 0.355. The third-order valence-corrected chi connectivity index (χ3v) is 5.23. The van der Waals surface area contributed by atoms with E-state index in [2.05, 4.69) is 20.8 Å². The number of hydrogen-bond acceptors (Lipinski definition) is 3. The zero-order valence-corrected chi connectivity index (χ0v) is 14.0. The van der Waals surface area contributed by atoms with Gasteiger partial charge in [0.1, 0.15) is 0 Å². The number of carboxylic acids is 1. The third kappa shape index (κ3) is 4.45. The first-order valence-electron chi connectivity index (χ1n) is 8.39. The average Bonchev–Trinajstić information content (AvgIpc) is 2.47. The number of carboxylic acid groups (broad SMARTS) is 1. The number of aliphatic carboxylic acids is 1.